The molecule has 1 aliphatic rings. The molecular formula is C28H28Cl2N2O4. The van der Waals surface area contributed by atoms with E-state index in [9.17, 15) is 9.59 Å². The van der Waals surface area contributed by atoms with Crippen molar-refractivity contribution >= 4 is 35.0 Å². The average Bonchev–Trinajstić information content (AvgIpc) is 3.35. The van der Waals surface area contributed by atoms with Crippen molar-refractivity contribution in [2.45, 2.75) is 38.8 Å². The maximum Gasteiger partial charge on any atom is 0.243 e. The van der Waals surface area contributed by atoms with E-state index in [4.69, 9.17) is 32.7 Å². The third-order valence-corrected chi connectivity index (χ3v) is 6.76. The number of amides is 2. The van der Waals surface area contributed by atoms with Gasteiger partial charge in [0.2, 0.25) is 18.6 Å². The molecule has 3 aromatic carbocycles. The molecule has 6 nitrogen and oxygen atoms in total. The molecule has 0 saturated heterocycles. The van der Waals surface area contributed by atoms with Crippen molar-refractivity contribution in [3.05, 3.63) is 93.5 Å². The maximum atomic E-state index is 13.7. The second-order valence-corrected chi connectivity index (χ2v) is 9.37. The molecule has 0 aromatic heterocycles. The van der Waals surface area contributed by atoms with Gasteiger partial charge in [-0.25, -0.2) is 0 Å². The fourth-order valence-corrected chi connectivity index (χ4v) is 4.49. The summed E-state index contributed by atoms with van der Waals surface area (Å²) in [6, 6.07) is 19.9. The Balaban J connectivity index is 1.59. The van der Waals surface area contributed by atoms with E-state index in [1.807, 2.05) is 61.5 Å². The van der Waals surface area contributed by atoms with Gasteiger partial charge in [0.25, 0.3) is 0 Å². The quantitative estimate of drug-likeness (QED) is 0.382. The van der Waals surface area contributed by atoms with E-state index >= 15 is 0 Å². The van der Waals surface area contributed by atoms with Gasteiger partial charge < -0.3 is 19.7 Å². The third kappa shape index (κ3) is 6.50. The van der Waals surface area contributed by atoms with E-state index in [0.717, 1.165) is 16.7 Å². The summed E-state index contributed by atoms with van der Waals surface area (Å²) in [6.45, 7) is 2.76. The number of nitrogens with zero attached hydrogens (tertiary/aromatic N) is 1. The Morgan fingerprint density at radius 1 is 0.917 bits per heavy atom. The van der Waals surface area contributed by atoms with Gasteiger partial charge in [0, 0.05) is 25.9 Å². The molecule has 0 saturated carbocycles. The number of rotatable bonds is 10. The highest BCUT2D eigenvalue weighted by Gasteiger charge is 2.30. The highest BCUT2D eigenvalue weighted by molar-refractivity contribution is 6.42. The third-order valence-electron chi connectivity index (χ3n) is 6.02. The smallest absolute Gasteiger partial charge is 0.243 e. The van der Waals surface area contributed by atoms with Crippen LogP contribution < -0.4 is 14.8 Å². The normalized spacial score (nSPS) is 12.8. The number of hydrogen-bond acceptors (Lipinski definition) is 4. The minimum atomic E-state index is -0.689. The first-order valence-corrected chi connectivity index (χ1v) is 12.6. The van der Waals surface area contributed by atoms with E-state index in [1.54, 1.807) is 17.0 Å². The number of aryl methyl sites for hydroxylation is 1. The van der Waals surface area contributed by atoms with E-state index in [2.05, 4.69) is 5.32 Å². The molecule has 1 N–H and O–H groups in total. The largest absolute Gasteiger partial charge is 0.454 e. The van der Waals surface area contributed by atoms with Gasteiger partial charge in [-0.15, -0.1) is 0 Å². The standard InChI is InChI=1S/C28H28Cl2N2O4/c1-2-31-28(34)24(15-19-6-4-3-5-7-19)32(17-21-8-11-22(29)23(30)14-21)27(33)13-10-20-9-12-25-26(16-20)36-18-35-25/h3-9,11-12,14,16,24H,2,10,13,15,17-18H2,1H3,(H,31,34)/t24-/m1/s1. The molecule has 3 aromatic rings. The Morgan fingerprint density at radius 2 is 1.67 bits per heavy atom. The van der Waals surface area contributed by atoms with Crippen LogP contribution in [0.1, 0.15) is 30.0 Å². The molecule has 0 fully saturated rings. The highest BCUT2D eigenvalue weighted by Crippen LogP contribution is 2.33. The number of carbonyl (C=O) groups excluding carboxylic acids is 2. The van der Waals surface area contributed by atoms with Gasteiger partial charge in [0.15, 0.2) is 11.5 Å². The fourth-order valence-electron chi connectivity index (χ4n) is 4.17. The summed E-state index contributed by atoms with van der Waals surface area (Å²) in [7, 11) is 0. The predicted octanol–water partition coefficient (Wildman–Crippen LogP) is 5.43. The van der Waals surface area contributed by atoms with Gasteiger partial charge in [-0.05, 0) is 54.3 Å². The van der Waals surface area contributed by atoms with E-state index in [0.29, 0.717) is 40.9 Å². The molecule has 0 unspecified atom stereocenters. The minimum Gasteiger partial charge on any atom is -0.454 e. The number of likely N-dealkylation sites (N-methyl/N-ethyl adjacent to an activating group) is 1. The van der Waals surface area contributed by atoms with Crippen molar-refractivity contribution in [3.8, 4) is 11.5 Å². The number of hydrogen-bond donors (Lipinski definition) is 1. The SMILES string of the molecule is CCNC(=O)[C@@H](Cc1ccccc1)N(Cc1ccc(Cl)c(Cl)c1)C(=O)CCc1ccc2c(c1)OCO2. The second kappa shape index (κ2) is 12.2. The van der Waals surface area contributed by atoms with E-state index in [1.165, 1.54) is 0 Å². The molecule has 0 spiro atoms. The Hall–Kier alpha value is -3.22. The molecule has 188 valence electrons. The molecule has 1 heterocycles. The van der Waals surface area contributed by atoms with Crippen molar-refractivity contribution in [2.24, 2.45) is 0 Å². The van der Waals surface area contributed by atoms with Gasteiger partial charge in [0.05, 0.1) is 10.0 Å². The van der Waals surface area contributed by atoms with Gasteiger partial charge in [-0.1, -0.05) is 65.7 Å². The van der Waals surface area contributed by atoms with Gasteiger partial charge in [-0.3, -0.25) is 9.59 Å². The number of nitrogens with one attached hydrogen (secondary N) is 1. The summed E-state index contributed by atoms with van der Waals surface area (Å²) in [5.41, 5.74) is 2.72. The lowest BCUT2D eigenvalue weighted by molar-refractivity contribution is -0.141. The number of halogens is 2. The second-order valence-electron chi connectivity index (χ2n) is 8.56. The first-order valence-electron chi connectivity index (χ1n) is 11.9. The maximum absolute atomic E-state index is 13.7. The number of ether oxygens (including phenoxy) is 2. The average molecular weight is 527 g/mol. The summed E-state index contributed by atoms with van der Waals surface area (Å²) in [6.07, 6.45) is 1.12. The summed E-state index contributed by atoms with van der Waals surface area (Å²) in [4.78, 5) is 28.5. The van der Waals surface area contributed by atoms with Crippen LogP contribution in [0.5, 0.6) is 11.5 Å². The number of benzene rings is 3. The zero-order chi connectivity index (χ0) is 25.5. The molecule has 0 radical (unpaired) electrons. The van der Waals surface area contributed by atoms with Crippen LogP contribution in [0.2, 0.25) is 10.0 Å². The van der Waals surface area contributed by atoms with Crippen molar-refractivity contribution in [1.29, 1.82) is 0 Å². The lowest BCUT2D eigenvalue weighted by Gasteiger charge is -2.31. The fraction of sp³-hybridized carbons (Fsp3) is 0.286. The van der Waals surface area contributed by atoms with Gasteiger partial charge >= 0.3 is 0 Å². The van der Waals surface area contributed by atoms with Crippen molar-refractivity contribution in [2.75, 3.05) is 13.3 Å². The van der Waals surface area contributed by atoms with Crippen molar-refractivity contribution in [3.63, 3.8) is 0 Å². The lowest BCUT2D eigenvalue weighted by atomic mass is 10.0. The first kappa shape index (κ1) is 25.9. The Bertz CT molecular complexity index is 1220. The highest BCUT2D eigenvalue weighted by atomic mass is 35.5. The van der Waals surface area contributed by atoms with Crippen molar-refractivity contribution < 1.29 is 19.1 Å². The van der Waals surface area contributed by atoms with Gasteiger partial charge in [0.1, 0.15) is 6.04 Å². The number of fused-ring (bicyclic) bond motifs is 1. The van der Waals surface area contributed by atoms with Crippen LogP contribution in [0.4, 0.5) is 0 Å². The molecule has 1 aliphatic heterocycles. The molecule has 2 amide bonds. The molecule has 0 bridgehead atoms. The van der Waals surface area contributed by atoms with Crippen LogP contribution in [0, 0.1) is 0 Å². The summed E-state index contributed by atoms with van der Waals surface area (Å²) < 4.78 is 10.8. The van der Waals surface area contributed by atoms with Crippen LogP contribution in [0.25, 0.3) is 0 Å². The van der Waals surface area contributed by atoms with Crippen LogP contribution in [-0.4, -0.2) is 36.1 Å². The zero-order valence-electron chi connectivity index (χ0n) is 20.0. The molecule has 4 rings (SSSR count). The summed E-state index contributed by atoms with van der Waals surface area (Å²) in [5.74, 6) is 1.05. The van der Waals surface area contributed by atoms with E-state index in [-0.39, 0.29) is 31.6 Å². The monoisotopic (exact) mass is 526 g/mol. The topological polar surface area (TPSA) is 67.9 Å². The molecule has 36 heavy (non-hydrogen) atoms. The summed E-state index contributed by atoms with van der Waals surface area (Å²) in [5, 5.41) is 3.74. The van der Waals surface area contributed by atoms with Gasteiger partial charge in [-0.2, -0.15) is 0 Å². The lowest BCUT2D eigenvalue weighted by Crippen LogP contribution is -2.50. The van der Waals surface area contributed by atoms with Crippen LogP contribution in [0.15, 0.2) is 66.7 Å². The van der Waals surface area contributed by atoms with Crippen LogP contribution in [-0.2, 0) is 29.0 Å². The molecule has 0 aliphatic carbocycles. The zero-order valence-corrected chi connectivity index (χ0v) is 21.5. The molecule has 1 atom stereocenters. The minimum absolute atomic E-state index is 0.133. The Labute approximate surface area is 221 Å². The Kier molecular flexibility index (Phi) is 8.73. The van der Waals surface area contributed by atoms with Crippen LogP contribution >= 0.6 is 23.2 Å². The Morgan fingerprint density at radius 3 is 2.42 bits per heavy atom. The molecule has 8 heteroatoms. The molecular weight excluding hydrogens is 499 g/mol. The first-order chi connectivity index (χ1) is 17.4. The van der Waals surface area contributed by atoms with Crippen LogP contribution in [0.3, 0.4) is 0 Å². The van der Waals surface area contributed by atoms with Crippen molar-refractivity contribution in [1.82, 2.24) is 10.2 Å². The predicted molar refractivity (Wildman–Crippen MR) is 141 cm³/mol. The summed E-state index contributed by atoms with van der Waals surface area (Å²) >= 11 is 12.4. The van der Waals surface area contributed by atoms with E-state index < -0.39 is 6.04 Å². The number of carbonyl (C=O) groups is 2.